The fraction of sp³-hybridized carbons (Fsp3) is 0.389. The Balaban J connectivity index is 1.74. The highest BCUT2D eigenvalue weighted by molar-refractivity contribution is 6.43. The van der Waals surface area contributed by atoms with Gasteiger partial charge < -0.3 is 23.9 Å². The Morgan fingerprint density at radius 1 is 1.24 bits per heavy atom. The van der Waals surface area contributed by atoms with Crippen molar-refractivity contribution >= 4 is 7.12 Å². The van der Waals surface area contributed by atoms with Crippen molar-refractivity contribution in [1.29, 1.82) is 0 Å². The summed E-state index contributed by atoms with van der Waals surface area (Å²) in [4.78, 5) is 4.37. The Morgan fingerprint density at radius 3 is 2.88 bits per heavy atom. The second-order valence-electron chi connectivity index (χ2n) is 6.44. The first-order chi connectivity index (χ1) is 12.2. The second kappa shape index (κ2) is 6.57. The predicted octanol–water partition coefficient (Wildman–Crippen LogP) is 2.51. The monoisotopic (exact) mass is 341 g/mol. The lowest BCUT2D eigenvalue weighted by molar-refractivity contribution is 0.100. The van der Waals surface area contributed by atoms with Gasteiger partial charge in [-0.25, -0.2) is 0 Å². The fourth-order valence-corrected chi connectivity index (χ4v) is 3.29. The van der Waals surface area contributed by atoms with Crippen molar-refractivity contribution in [1.82, 2.24) is 4.98 Å². The Labute approximate surface area is 146 Å². The summed E-state index contributed by atoms with van der Waals surface area (Å²) < 4.78 is 22.6. The molecule has 1 fully saturated rings. The molecule has 7 heteroatoms. The molecule has 1 N–H and O–H groups in total. The van der Waals surface area contributed by atoms with Gasteiger partial charge in [0.05, 0.1) is 7.11 Å². The lowest BCUT2D eigenvalue weighted by Gasteiger charge is -2.27. The summed E-state index contributed by atoms with van der Waals surface area (Å²) in [7, 11) is 0.923. The third kappa shape index (κ3) is 3.05. The van der Waals surface area contributed by atoms with Gasteiger partial charge in [-0.2, -0.15) is 0 Å². The molecular formula is C18H20BNO5. The summed E-state index contributed by atoms with van der Waals surface area (Å²) in [6.07, 6.45) is 4.19. The van der Waals surface area contributed by atoms with E-state index in [1.165, 1.54) is 0 Å². The van der Waals surface area contributed by atoms with Crippen molar-refractivity contribution in [2.45, 2.75) is 25.3 Å². The number of rotatable bonds is 3. The number of hydrogen-bond donors (Lipinski definition) is 1. The van der Waals surface area contributed by atoms with Crippen LogP contribution in [-0.2, 0) is 4.65 Å². The maximum atomic E-state index is 9.59. The minimum atomic E-state index is -0.694. The fourth-order valence-electron chi connectivity index (χ4n) is 3.29. The van der Waals surface area contributed by atoms with Crippen molar-refractivity contribution in [3.63, 3.8) is 0 Å². The van der Waals surface area contributed by atoms with E-state index in [0.29, 0.717) is 36.8 Å². The maximum Gasteiger partial charge on any atom is 0.454 e. The van der Waals surface area contributed by atoms with E-state index in [4.69, 9.17) is 18.9 Å². The summed E-state index contributed by atoms with van der Waals surface area (Å²) in [5.74, 6) is 2.11. The number of hydrogen-bond acceptors (Lipinski definition) is 6. The molecule has 130 valence electrons. The van der Waals surface area contributed by atoms with E-state index in [2.05, 4.69) is 11.1 Å². The summed E-state index contributed by atoms with van der Waals surface area (Å²) in [6, 6.07) is 5.91. The number of benzene rings is 1. The van der Waals surface area contributed by atoms with E-state index in [1.54, 1.807) is 13.3 Å². The Kier molecular flexibility index (Phi) is 4.27. The molecule has 0 saturated carbocycles. The van der Waals surface area contributed by atoms with E-state index in [1.807, 2.05) is 25.3 Å². The minimum Gasteiger partial charge on any atom is -0.493 e. The largest absolute Gasteiger partial charge is 0.493 e. The molecular weight excluding hydrogens is 321 g/mol. The van der Waals surface area contributed by atoms with Crippen molar-refractivity contribution in [2.75, 3.05) is 20.3 Å². The van der Waals surface area contributed by atoms with Gasteiger partial charge in [0.2, 0.25) is 5.75 Å². The molecule has 4 rings (SSSR count). The number of pyridine rings is 1. The molecule has 2 unspecified atom stereocenters. The van der Waals surface area contributed by atoms with Crippen LogP contribution in [0.2, 0.25) is 6.32 Å². The molecule has 0 spiro atoms. The van der Waals surface area contributed by atoms with Crippen molar-refractivity contribution in [2.24, 2.45) is 0 Å². The molecule has 2 aliphatic heterocycles. The smallest absolute Gasteiger partial charge is 0.454 e. The lowest BCUT2D eigenvalue weighted by atomic mass is 9.79. The predicted molar refractivity (Wildman–Crippen MR) is 93.3 cm³/mol. The zero-order valence-electron chi connectivity index (χ0n) is 14.3. The standard InChI is InChI=1S/C18H20BNO5/c1-11-9-23-17-15(3-4-16(22-2)18(17)25-11)13-5-12(7-20-8-13)14-6-19(21)24-10-14/h3-5,7-8,11,14,21H,6,9-10H2,1-2H3. The lowest BCUT2D eigenvalue weighted by Crippen LogP contribution is -2.26. The summed E-state index contributed by atoms with van der Waals surface area (Å²) in [5.41, 5.74) is 2.90. The van der Waals surface area contributed by atoms with Crippen LogP contribution in [0.25, 0.3) is 11.1 Å². The number of ether oxygens (including phenoxy) is 3. The maximum absolute atomic E-state index is 9.59. The van der Waals surface area contributed by atoms with Crippen LogP contribution in [0.3, 0.4) is 0 Å². The molecule has 0 radical (unpaired) electrons. The SMILES string of the molecule is COc1ccc(-c2cncc(C3COB(O)C3)c2)c2c1OC(C)CO2. The zero-order valence-corrected chi connectivity index (χ0v) is 14.3. The van der Waals surface area contributed by atoms with Gasteiger partial charge in [-0.05, 0) is 37.0 Å². The summed E-state index contributed by atoms with van der Waals surface area (Å²) >= 11 is 0. The first-order valence-electron chi connectivity index (χ1n) is 8.41. The van der Waals surface area contributed by atoms with Gasteiger partial charge in [0, 0.05) is 36.0 Å². The summed E-state index contributed by atoms with van der Waals surface area (Å²) in [5, 5.41) is 9.59. The van der Waals surface area contributed by atoms with Crippen molar-refractivity contribution in [3.05, 3.63) is 36.2 Å². The van der Waals surface area contributed by atoms with Crippen LogP contribution < -0.4 is 14.2 Å². The molecule has 0 bridgehead atoms. The third-order valence-corrected chi connectivity index (χ3v) is 4.60. The van der Waals surface area contributed by atoms with Crippen LogP contribution in [0.1, 0.15) is 18.4 Å². The van der Waals surface area contributed by atoms with Gasteiger partial charge >= 0.3 is 7.12 Å². The van der Waals surface area contributed by atoms with Crippen LogP contribution in [0.4, 0.5) is 0 Å². The highest BCUT2D eigenvalue weighted by Crippen LogP contribution is 2.47. The second-order valence-corrected chi connectivity index (χ2v) is 6.44. The Bertz CT molecular complexity index is 784. The quantitative estimate of drug-likeness (QED) is 0.865. The molecule has 6 nitrogen and oxygen atoms in total. The van der Waals surface area contributed by atoms with Gasteiger partial charge in [0.1, 0.15) is 12.7 Å². The Morgan fingerprint density at radius 2 is 2.12 bits per heavy atom. The molecule has 2 atom stereocenters. The average molecular weight is 341 g/mol. The highest BCUT2D eigenvalue weighted by atomic mass is 16.6. The third-order valence-electron chi connectivity index (χ3n) is 4.60. The zero-order chi connectivity index (χ0) is 17.4. The first kappa shape index (κ1) is 16.2. The van der Waals surface area contributed by atoms with Crippen molar-refractivity contribution < 1.29 is 23.9 Å². The molecule has 2 aliphatic rings. The molecule has 1 saturated heterocycles. The molecule has 25 heavy (non-hydrogen) atoms. The molecule has 1 aromatic carbocycles. The van der Waals surface area contributed by atoms with Crippen LogP contribution >= 0.6 is 0 Å². The van der Waals surface area contributed by atoms with E-state index in [-0.39, 0.29) is 12.0 Å². The van der Waals surface area contributed by atoms with Crippen LogP contribution in [0, 0.1) is 0 Å². The van der Waals surface area contributed by atoms with Crippen LogP contribution in [0.5, 0.6) is 17.2 Å². The normalized spacial score (nSPS) is 22.1. The minimum absolute atomic E-state index is 0.0294. The van der Waals surface area contributed by atoms with Crippen molar-refractivity contribution in [3.8, 4) is 28.4 Å². The van der Waals surface area contributed by atoms with Gasteiger partial charge in [-0.3, -0.25) is 4.98 Å². The number of fused-ring (bicyclic) bond motifs is 1. The van der Waals surface area contributed by atoms with Gasteiger partial charge in [0.25, 0.3) is 0 Å². The number of nitrogens with zero attached hydrogens (tertiary/aromatic N) is 1. The van der Waals surface area contributed by atoms with Gasteiger partial charge in [0.15, 0.2) is 11.5 Å². The molecule has 1 aromatic heterocycles. The van der Waals surface area contributed by atoms with E-state index < -0.39 is 7.12 Å². The molecule has 0 amide bonds. The van der Waals surface area contributed by atoms with E-state index in [9.17, 15) is 5.02 Å². The number of aromatic nitrogens is 1. The first-order valence-corrected chi connectivity index (χ1v) is 8.41. The van der Waals surface area contributed by atoms with Gasteiger partial charge in [-0.1, -0.05) is 0 Å². The van der Waals surface area contributed by atoms with E-state index in [0.717, 1.165) is 16.7 Å². The number of methoxy groups -OCH3 is 1. The molecule has 3 heterocycles. The topological polar surface area (TPSA) is 70.0 Å². The molecule has 2 aromatic rings. The highest BCUT2D eigenvalue weighted by Gasteiger charge is 2.30. The summed E-state index contributed by atoms with van der Waals surface area (Å²) in [6.45, 7) is 2.95. The van der Waals surface area contributed by atoms with Gasteiger partial charge in [-0.15, -0.1) is 0 Å². The Hall–Kier alpha value is -2.25. The molecule has 0 aliphatic carbocycles. The van der Waals surface area contributed by atoms with E-state index >= 15 is 0 Å². The van der Waals surface area contributed by atoms with Crippen LogP contribution in [-0.4, -0.2) is 43.6 Å². The van der Waals surface area contributed by atoms with Crippen LogP contribution in [0.15, 0.2) is 30.6 Å². The average Bonchev–Trinajstić information content (AvgIpc) is 3.07.